The van der Waals surface area contributed by atoms with Crippen molar-refractivity contribution in [3.05, 3.63) is 84.6 Å². The van der Waals surface area contributed by atoms with Gasteiger partial charge < -0.3 is 10.4 Å². The summed E-state index contributed by atoms with van der Waals surface area (Å²) < 4.78 is 27.1. The van der Waals surface area contributed by atoms with E-state index in [4.69, 9.17) is 0 Å². The van der Waals surface area contributed by atoms with E-state index in [1.807, 2.05) is 0 Å². The second-order valence-electron chi connectivity index (χ2n) is 5.76. The van der Waals surface area contributed by atoms with Gasteiger partial charge in [-0.15, -0.1) is 0 Å². The van der Waals surface area contributed by atoms with E-state index in [1.54, 1.807) is 36.4 Å². The normalized spacial score (nSPS) is 11.3. The number of carbonyl (C=O) groups excluding carboxylic acids is 1. The highest BCUT2D eigenvalue weighted by molar-refractivity contribution is 7.92. The van der Waals surface area contributed by atoms with Crippen LogP contribution in [0.4, 0.5) is 11.5 Å². The van der Waals surface area contributed by atoms with Crippen LogP contribution in [0.3, 0.4) is 0 Å². The minimum absolute atomic E-state index is 0.0476. The summed E-state index contributed by atoms with van der Waals surface area (Å²) >= 11 is 0. The number of sulfonamides is 1. The summed E-state index contributed by atoms with van der Waals surface area (Å²) in [5.74, 6) is -0.0544. The van der Waals surface area contributed by atoms with Crippen molar-refractivity contribution in [3.8, 4) is 5.75 Å². The van der Waals surface area contributed by atoms with Crippen LogP contribution in [-0.2, 0) is 14.8 Å². The molecular formula is C20H17N3O4S. The van der Waals surface area contributed by atoms with E-state index in [1.165, 1.54) is 48.7 Å². The highest BCUT2D eigenvalue weighted by Crippen LogP contribution is 2.17. The van der Waals surface area contributed by atoms with Gasteiger partial charge in [0.1, 0.15) is 11.6 Å². The Morgan fingerprint density at radius 1 is 1.00 bits per heavy atom. The lowest BCUT2D eigenvalue weighted by Crippen LogP contribution is -2.14. The summed E-state index contributed by atoms with van der Waals surface area (Å²) in [5.41, 5.74) is 1.12. The van der Waals surface area contributed by atoms with Crippen molar-refractivity contribution in [1.82, 2.24) is 4.98 Å². The fourth-order valence-corrected chi connectivity index (χ4v) is 3.33. The van der Waals surface area contributed by atoms with Crippen LogP contribution in [0, 0.1) is 0 Å². The standard InChI is InChI=1S/C20H17N3O4S/c24-17-5-3-4-15(14-17)7-12-20(25)22-16-8-10-18(11-9-16)28(26,27)23-19-6-1-2-13-21-19/h1-14,24H,(H,21,23)(H,22,25)/b12-7+. The van der Waals surface area contributed by atoms with Crippen LogP contribution < -0.4 is 10.0 Å². The first-order chi connectivity index (χ1) is 13.4. The first kappa shape index (κ1) is 19.1. The Bertz CT molecular complexity index is 1100. The van der Waals surface area contributed by atoms with E-state index >= 15 is 0 Å². The van der Waals surface area contributed by atoms with Crippen molar-refractivity contribution < 1.29 is 18.3 Å². The third-order valence-corrected chi connectivity index (χ3v) is 5.00. The van der Waals surface area contributed by atoms with Gasteiger partial charge in [0, 0.05) is 18.0 Å². The summed E-state index contributed by atoms with van der Waals surface area (Å²) in [6, 6.07) is 17.2. The van der Waals surface area contributed by atoms with Crippen molar-refractivity contribution >= 4 is 33.5 Å². The first-order valence-electron chi connectivity index (χ1n) is 8.24. The Kier molecular flexibility index (Phi) is 5.71. The minimum atomic E-state index is -3.77. The van der Waals surface area contributed by atoms with Crippen LogP contribution in [0.1, 0.15) is 5.56 Å². The molecule has 1 amide bonds. The molecule has 0 saturated heterocycles. The van der Waals surface area contributed by atoms with Crippen molar-refractivity contribution in [2.24, 2.45) is 0 Å². The molecule has 0 aliphatic heterocycles. The second-order valence-corrected chi connectivity index (χ2v) is 7.44. The third kappa shape index (κ3) is 5.18. The zero-order chi connectivity index (χ0) is 20.0. The van der Waals surface area contributed by atoms with E-state index in [2.05, 4.69) is 15.0 Å². The summed E-state index contributed by atoms with van der Waals surface area (Å²) in [6.45, 7) is 0. The van der Waals surface area contributed by atoms with Gasteiger partial charge in [0.2, 0.25) is 5.91 Å². The number of amides is 1. The molecule has 2 aromatic carbocycles. The predicted octanol–water partition coefficient (Wildman–Crippen LogP) is 3.24. The molecule has 0 bridgehead atoms. The van der Waals surface area contributed by atoms with Crippen LogP contribution >= 0.6 is 0 Å². The van der Waals surface area contributed by atoms with Crippen molar-refractivity contribution in [1.29, 1.82) is 0 Å². The van der Waals surface area contributed by atoms with Crippen LogP contribution in [0.15, 0.2) is 83.9 Å². The minimum Gasteiger partial charge on any atom is -0.508 e. The molecule has 0 unspecified atom stereocenters. The van der Waals surface area contributed by atoms with Gasteiger partial charge in [0.05, 0.1) is 4.90 Å². The molecule has 0 atom stereocenters. The van der Waals surface area contributed by atoms with Gasteiger partial charge in [-0.3, -0.25) is 9.52 Å². The van der Waals surface area contributed by atoms with Crippen molar-refractivity contribution in [2.75, 3.05) is 10.0 Å². The Balaban J connectivity index is 1.64. The van der Waals surface area contributed by atoms with Gasteiger partial charge in [0.15, 0.2) is 0 Å². The van der Waals surface area contributed by atoms with Crippen LogP contribution in [0.5, 0.6) is 5.75 Å². The lowest BCUT2D eigenvalue weighted by atomic mass is 10.2. The fourth-order valence-electron chi connectivity index (χ4n) is 2.32. The zero-order valence-electron chi connectivity index (χ0n) is 14.6. The van der Waals surface area contributed by atoms with E-state index in [0.717, 1.165) is 0 Å². The molecular weight excluding hydrogens is 378 g/mol. The smallest absolute Gasteiger partial charge is 0.263 e. The van der Waals surface area contributed by atoms with Crippen molar-refractivity contribution in [3.63, 3.8) is 0 Å². The molecule has 0 spiro atoms. The van der Waals surface area contributed by atoms with Gasteiger partial charge in [-0.05, 0) is 60.2 Å². The number of rotatable bonds is 6. The molecule has 1 heterocycles. The second kappa shape index (κ2) is 8.36. The molecule has 0 saturated carbocycles. The Labute approximate surface area is 162 Å². The Morgan fingerprint density at radius 2 is 1.79 bits per heavy atom. The predicted molar refractivity (Wildman–Crippen MR) is 107 cm³/mol. The highest BCUT2D eigenvalue weighted by atomic mass is 32.2. The molecule has 0 aliphatic rings. The summed E-state index contributed by atoms with van der Waals surface area (Å²) in [6.07, 6.45) is 4.37. The first-order valence-corrected chi connectivity index (χ1v) is 9.73. The monoisotopic (exact) mass is 395 g/mol. The average molecular weight is 395 g/mol. The number of pyridine rings is 1. The number of hydrogen-bond acceptors (Lipinski definition) is 5. The number of benzene rings is 2. The number of aromatic nitrogens is 1. The van der Waals surface area contributed by atoms with E-state index in [9.17, 15) is 18.3 Å². The molecule has 7 nitrogen and oxygen atoms in total. The lowest BCUT2D eigenvalue weighted by molar-refractivity contribution is -0.111. The Hall–Kier alpha value is -3.65. The lowest BCUT2D eigenvalue weighted by Gasteiger charge is -2.08. The third-order valence-electron chi connectivity index (χ3n) is 3.63. The number of anilines is 2. The molecule has 8 heteroatoms. The molecule has 0 aliphatic carbocycles. The number of nitrogens with zero attached hydrogens (tertiary/aromatic N) is 1. The molecule has 3 N–H and O–H groups in total. The van der Waals surface area contributed by atoms with E-state index in [0.29, 0.717) is 11.3 Å². The summed E-state index contributed by atoms with van der Waals surface area (Å²) in [7, 11) is -3.77. The fraction of sp³-hybridized carbons (Fsp3) is 0. The van der Waals surface area contributed by atoms with Crippen molar-refractivity contribution in [2.45, 2.75) is 4.90 Å². The number of nitrogens with one attached hydrogen (secondary N) is 2. The maximum atomic E-state index is 12.4. The molecule has 1 aromatic heterocycles. The topological polar surface area (TPSA) is 108 Å². The largest absolute Gasteiger partial charge is 0.508 e. The van der Waals surface area contributed by atoms with E-state index < -0.39 is 10.0 Å². The van der Waals surface area contributed by atoms with Gasteiger partial charge in [-0.2, -0.15) is 0 Å². The SMILES string of the molecule is O=C(/C=C/c1cccc(O)c1)Nc1ccc(S(=O)(=O)Nc2ccccn2)cc1. The molecule has 0 fully saturated rings. The highest BCUT2D eigenvalue weighted by Gasteiger charge is 2.14. The van der Waals surface area contributed by atoms with Gasteiger partial charge >= 0.3 is 0 Å². The summed E-state index contributed by atoms with van der Waals surface area (Å²) in [5, 5.41) is 12.0. The number of carbonyl (C=O) groups is 1. The maximum absolute atomic E-state index is 12.4. The molecule has 0 radical (unpaired) electrons. The average Bonchev–Trinajstić information content (AvgIpc) is 2.67. The number of phenols is 1. The van der Waals surface area contributed by atoms with Gasteiger partial charge in [-0.25, -0.2) is 13.4 Å². The number of phenolic OH excluding ortho intramolecular Hbond substituents is 1. The van der Waals surface area contributed by atoms with Crippen LogP contribution in [0.2, 0.25) is 0 Å². The Morgan fingerprint density at radius 3 is 2.46 bits per heavy atom. The molecule has 28 heavy (non-hydrogen) atoms. The quantitative estimate of drug-likeness (QED) is 0.555. The summed E-state index contributed by atoms with van der Waals surface area (Å²) in [4.78, 5) is 16.0. The van der Waals surface area contributed by atoms with Gasteiger partial charge in [-0.1, -0.05) is 18.2 Å². The van der Waals surface area contributed by atoms with Crippen LogP contribution in [0.25, 0.3) is 6.08 Å². The number of hydrogen-bond donors (Lipinski definition) is 3. The molecule has 3 rings (SSSR count). The van der Waals surface area contributed by atoms with Gasteiger partial charge in [0.25, 0.3) is 10.0 Å². The molecule has 3 aromatic rings. The van der Waals surface area contributed by atoms with Crippen LogP contribution in [-0.4, -0.2) is 24.4 Å². The maximum Gasteiger partial charge on any atom is 0.263 e. The van der Waals surface area contributed by atoms with E-state index in [-0.39, 0.29) is 22.4 Å². The molecule has 142 valence electrons. The number of aromatic hydroxyl groups is 1. The zero-order valence-corrected chi connectivity index (χ0v) is 15.4.